The first-order valence-corrected chi connectivity index (χ1v) is 4.21. The maximum atomic E-state index is 12.4. The molecule has 0 atom stereocenters. The van der Waals surface area contributed by atoms with Crippen LogP contribution < -0.4 is 5.73 Å². The zero-order valence-corrected chi connectivity index (χ0v) is 8.77. The average Bonchev–Trinajstić information content (AvgIpc) is 2.15. The van der Waals surface area contributed by atoms with Gasteiger partial charge in [-0.05, 0) is 12.1 Å². The van der Waals surface area contributed by atoms with Crippen molar-refractivity contribution in [2.45, 2.75) is 6.18 Å². The molecule has 1 aromatic carbocycles. The molecule has 0 spiro atoms. The number of hydrogen-bond donors (Lipinski definition) is 1. The van der Waals surface area contributed by atoms with Crippen molar-refractivity contribution in [3.63, 3.8) is 0 Å². The fourth-order valence-electron chi connectivity index (χ4n) is 1.36. The molecule has 0 aliphatic rings. The fourth-order valence-corrected chi connectivity index (χ4v) is 1.36. The van der Waals surface area contributed by atoms with E-state index in [0.717, 1.165) is 0 Å². The van der Waals surface area contributed by atoms with Crippen molar-refractivity contribution in [1.29, 1.82) is 0 Å². The summed E-state index contributed by atoms with van der Waals surface area (Å²) in [5, 5.41) is 0.600. The van der Waals surface area contributed by atoms with Crippen LogP contribution in [0.15, 0.2) is 30.3 Å². The Morgan fingerprint density at radius 2 is 1.75 bits per heavy atom. The molecular formula is C10H8ClF3N2. The minimum atomic E-state index is -4.51. The Labute approximate surface area is 95.7 Å². The number of aromatic nitrogens is 1. The smallest absolute Gasteiger partial charge is 0.397 e. The lowest BCUT2D eigenvalue weighted by Gasteiger charge is -2.09. The number of alkyl halides is 3. The van der Waals surface area contributed by atoms with Crippen LogP contribution in [0.3, 0.4) is 0 Å². The number of nitrogens with zero attached hydrogens (tertiary/aromatic N) is 1. The average molecular weight is 249 g/mol. The van der Waals surface area contributed by atoms with E-state index in [2.05, 4.69) is 4.98 Å². The summed E-state index contributed by atoms with van der Waals surface area (Å²) in [4.78, 5) is 3.50. The number of para-hydroxylation sites is 1. The first-order chi connectivity index (χ1) is 6.98. The van der Waals surface area contributed by atoms with E-state index in [1.165, 1.54) is 12.1 Å². The van der Waals surface area contributed by atoms with Gasteiger partial charge in [-0.25, -0.2) is 4.98 Å². The summed E-state index contributed by atoms with van der Waals surface area (Å²) in [6.07, 6.45) is -4.51. The summed E-state index contributed by atoms with van der Waals surface area (Å²) in [5.74, 6) is 0. The Balaban J connectivity index is 0.00000128. The number of halogens is 4. The van der Waals surface area contributed by atoms with Crippen molar-refractivity contribution < 1.29 is 13.2 Å². The molecule has 16 heavy (non-hydrogen) atoms. The Kier molecular flexibility index (Phi) is 3.28. The molecule has 2 rings (SSSR count). The van der Waals surface area contributed by atoms with Gasteiger partial charge in [0.1, 0.15) is 0 Å². The largest absolute Gasteiger partial charge is 0.435 e. The second-order valence-electron chi connectivity index (χ2n) is 3.12. The molecular weight excluding hydrogens is 241 g/mol. The Bertz CT molecular complexity index is 511. The lowest BCUT2D eigenvalue weighted by Crippen LogP contribution is -2.11. The quantitative estimate of drug-likeness (QED) is 0.777. The minimum Gasteiger partial charge on any atom is -0.397 e. The van der Waals surface area contributed by atoms with E-state index in [1.807, 2.05) is 0 Å². The summed E-state index contributed by atoms with van der Waals surface area (Å²) in [7, 11) is 0. The van der Waals surface area contributed by atoms with E-state index in [4.69, 9.17) is 5.73 Å². The van der Waals surface area contributed by atoms with Crippen molar-refractivity contribution >= 4 is 29.0 Å². The van der Waals surface area contributed by atoms with Gasteiger partial charge in [0, 0.05) is 5.39 Å². The number of hydrogen-bond acceptors (Lipinski definition) is 2. The molecule has 0 saturated heterocycles. The first kappa shape index (κ1) is 12.6. The number of pyridine rings is 1. The highest BCUT2D eigenvalue weighted by Gasteiger charge is 2.35. The third-order valence-corrected chi connectivity index (χ3v) is 2.02. The molecule has 0 bridgehead atoms. The highest BCUT2D eigenvalue weighted by Crippen LogP contribution is 2.33. The summed E-state index contributed by atoms with van der Waals surface area (Å²) in [6, 6.07) is 7.82. The molecule has 2 nitrogen and oxygen atoms in total. The number of fused-ring (bicyclic) bond motifs is 1. The van der Waals surface area contributed by atoms with Crippen molar-refractivity contribution in [2.24, 2.45) is 0 Å². The molecule has 2 aromatic rings. The highest BCUT2D eigenvalue weighted by atomic mass is 35.5. The standard InChI is InChI=1S/C10H7F3N2.ClH/c11-10(12,13)9-7(14)5-6-3-1-2-4-8(6)15-9;/h1-5H,14H2;1H. The highest BCUT2D eigenvalue weighted by molar-refractivity contribution is 5.85. The van der Waals surface area contributed by atoms with Crippen LogP contribution in [-0.2, 0) is 6.18 Å². The van der Waals surface area contributed by atoms with E-state index in [1.54, 1.807) is 18.2 Å². The predicted molar refractivity (Wildman–Crippen MR) is 58.4 cm³/mol. The van der Waals surface area contributed by atoms with Gasteiger partial charge in [-0.3, -0.25) is 0 Å². The third kappa shape index (κ3) is 2.19. The van der Waals surface area contributed by atoms with Crippen LogP contribution >= 0.6 is 12.4 Å². The molecule has 0 fully saturated rings. The molecule has 0 aliphatic heterocycles. The van der Waals surface area contributed by atoms with E-state index in [0.29, 0.717) is 10.9 Å². The number of nitrogen functional groups attached to an aromatic ring is 1. The number of anilines is 1. The monoisotopic (exact) mass is 248 g/mol. The Morgan fingerprint density at radius 3 is 2.38 bits per heavy atom. The van der Waals surface area contributed by atoms with Crippen LogP contribution in [0.4, 0.5) is 18.9 Å². The van der Waals surface area contributed by atoms with Gasteiger partial charge in [-0.2, -0.15) is 13.2 Å². The lowest BCUT2D eigenvalue weighted by molar-refractivity contribution is -0.140. The van der Waals surface area contributed by atoms with Gasteiger partial charge >= 0.3 is 6.18 Å². The maximum absolute atomic E-state index is 12.4. The van der Waals surface area contributed by atoms with Crippen LogP contribution in [0.2, 0.25) is 0 Å². The van der Waals surface area contributed by atoms with Gasteiger partial charge in [0.05, 0.1) is 11.2 Å². The van der Waals surface area contributed by atoms with Gasteiger partial charge in [-0.1, -0.05) is 18.2 Å². The number of nitrogens with two attached hydrogens (primary N) is 1. The van der Waals surface area contributed by atoms with Gasteiger partial charge in [0.25, 0.3) is 0 Å². The molecule has 0 amide bonds. The second-order valence-corrected chi connectivity index (χ2v) is 3.12. The number of benzene rings is 1. The van der Waals surface area contributed by atoms with Crippen LogP contribution in [0.1, 0.15) is 5.69 Å². The normalized spacial score (nSPS) is 11.2. The summed E-state index contributed by atoms with van der Waals surface area (Å²) >= 11 is 0. The molecule has 2 N–H and O–H groups in total. The van der Waals surface area contributed by atoms with Gasteiger partial charge in [0.2, 0.25) is 0 Å². The zero-order chi connectivity index (χ0) is 11.1. The van der Waals surface area contributed by atoms with Crippen molar-refractivity contribution in [3.05, 3.63) is 36.0 Å². The molecule has 1 heterocycles. The van der Waals surface area contributed by atoms with Gasteiger partial charge in [-0.15, -0.1) is 12.4 Å². The fraction of sp³-hybridized carbons (Fsp3) is 0.100. The van der Waals surface area contributed by atoms with Crippen LogP contribution in [-0.4, -0.2) is 4.98 Å². The van der Waals surface area contributed by atoms with E-state index in [-0.39, 0.29) is 18.1 Å². The summed E-state index contributed by atoms with van der Waals surface area (Å²) < 4.78 is 37.3. The SMILES string of the molecule is Cl.Nc1cc2ccccc2nc1C(F)(F)F. The molecule has 0 aliphatic carbocycles. The molecule has 0 radical (unpaired) electrons. The maximum Gasteiger partial charge on any atom is 0.435 e. The van der Waals surface area contributed by atoms with Crippen LogP contribution in [0.25, 0.3) is 10.9 Å². The topological polar surface area (TPSA) is 38.9 Å². The molecule has 0 saturated carbocycles. The van der Waals surface area contributed by atoms with E-state index >= 15 is 0 Å². The van der Waals surface area contributed by atoms with Crippen molar-refractivity contribution in [3.8, 4) is 0 Å². The summed E-state index contributed by atoms with van der Waals surface area (Å²) in [6.45, 7) is 0. The van der Waals surface area contributed by atoms with Crippen LogP contribution in [0, 0.1) is 0 Å². The van der Waals surface area contributed by atoms with Gasteiger partial charge in [0.15, 0.2) is 5.69 Å². The summed E-state index contributed by atoms with van der Waals surface area (Å²) in [5.41, 5.74) is 4.21. The zero-order valence-electron chi connectivity index (χ0n) is 7.95. The molecule has 1 aromatic heterocycles. The predicted octanol–water partition coefficient (Wildman–Crippen LogP) is 3.26. The van der Waals surface area contributed by atoms with E-state index in [9.17, 15) is 13.2 Å². The number of rotatable bonds is 0. The van der Waals surface area contributed by atoms with Gasteiger partial charge < -0.3 is 5.73 Å². The first-order valence-electron chi connectivity index (χ1n) is 4.21. The lowest BCUT2D eigenvalue weighted by atomic mass is 10.2. The third-order valence-electron chi connectivity index (χ3n) is 2.02. The van der Waals surface area contributed by atoms with E-state index < -0.39 is 11.9 Å². The second kappa shape index (κ2) is 4.17. The minimum absolute atomic E-state index is 0. The van der Waals surface area contributed by atoms with Crippen molar-refractivity contribution in [2.75, 3.05) is 5.73 Å². The molecule has 86 valence electrons. The van der Waals surface area contributed by atoms with Crippen molar-refractivity contribution in [1.82, 2.24) is 4.98 Å². The van der Waals surface area contributed by atoms with Crippen LogP contribution in [0.5, 0.6) is 0 Å². The Hall–Kier alpha value is -1.49. The molecule has 6 heteroatoms. The Morgan fingerprint density at radius 1 is 1.12 bits per heavy atom. The molecule has 0 unspecified atom stereocenters.